The van der Waals surface area contributed by atoms with Crippen molar-refractivity contribution in [2.45, 2.75) is 32.7 Å². The first-order valence-electron chi connectivity index (χ1n) is 6.32. The van der Waals surface area contributed by atoms with Crippen molar-refractivity contribution in [2.75, 3.05) is 5.32 Å². The summed E-state index contributed by atoms with van der Waals surface area (Å²) in [7, 11) is 0. The lowest BCUT2D eigenvalue weighted by Gasteiger charge is -2.23. The van der Waals surface area contributed by atoms with Gasteiger partial charge in [0.1, 0.15) is 6.54 Å². The van der Waals surface area contributed by atoms with Crippen LogP contribution in [0.2, 0.25) is 0 Å². The summed E-state index contributed by atoms with van der Waals surface area (Å²) in [4.78, 5) is 15.9. The predicted molar refractivity (Wildman–Crippen MR) is 76.0 cm³/mol. The molecule has 0 atom stereocenters. The third-order valence-electron chi connectivity index (χ3n) is 2.89. The highest BCUT2D eigenvalue weighted by atomic mass is 16.1. The summed E-state index contributed by atoms with van der Waals surface area (Å²) in [6, 6.07) is 7.91. The number of benzene rings is 1. The third-order valence-corrected chi connectivity index (χ3v) is 2.89. The van der Waals surface area contributed by atoms with Crippen LogP contribution in [0.15, 0.2) is 43.0 Å². The van der Waals surface area contributed by atoms with E-state index in [2.05, 4.69) is 31.1 Å². The Hall–Kier alpha value is -2.10. The minimum Gasteiger partial charge on any atom is -0.328 e. The number of imidazole rings is 1. The first kappa shape index (κ1) is 13.3. The largest absolute Gasteiger partial charge is 0.328 e. The smallest absolute Gasteiger partial charge is 0.244 e. The minimum absolute atomic E-state index is 0.00111. The van der Waals surface area contributed by atoms with Crippen molar-refractivity contribution < 1.29 is 4.79 Å². The minimum atomic E-state index is -0.0466. The van der Waals surface area contributed by atoms with E-state index < -0.39 is 0 Å². The zero-order chi connectivity index (χ0) is 13.9. The molecule has 0 aliphatic heterocycles. The van der Waals surface area contributed by atoms with Crippen LogP contribution in [0.5, 0.6) is 0 Å². The lowest BCUT2D eigenvalue weighted by Crippen LogP contribution is -2.21. The molecule has 4 heteroatoms. The zero-order valence-corrected chi connectivity index (χ0v) is 11.6. The van der Waals surface area contributed by atoms with E-state index in [1.807, 2.05) is 24.3 Å². The van der Waals surface area contributed by atoms with Crippen LogP contribution in [0.3, 0.4) is 0 Å². The van der Waals surface area contributed by atoms with Crippen molar-refractivity contribution in [1.29, 1.82) is 0 Å². The number of para-hydroxylation sites is 1. The Morgan fingerprint density at radius 3 is 2.68 bits per heavy atom. The van der Waals surface area contributed by atoms with Gasteiger partial charge in [0.25, 0.3) is 0 Å². The van der Waals surface area contributed by atoms with Gasteiger partial charge in [-0.05, 0) is 17.0 Å². The second-order valence-corrected chi connectivity index (χ2v) is 5.58. The quantitative estimate of drug-likeness (QED) is 0.919. The van der Waals surface area contributed by atoms with Crippen LogP contribution < -0.4 is 5.32 Å². The summed E-state index contributed by atoms with van der Waals surface area (Å²) >= 11 is 0. The van der Waals surface area contributed by atoms with Crippen molar-refractivity contribution >= 4 is 11.6 Å². The van der Waals surface area contributed by atoms with Gasteiger partial charge in [-0.1, -0.05) is 39.0 Å². The van der Waals surface area contributed by atoms with Gasteiger partial charge in [-0.2, -0.15) is 0 Å². The highest BCUT2D eigenvalue weighted by Gasteiger charge is 2.18. The average Bonchev–Trinajstić information content (AvgIpc) is 2.81. The first-order valence-corrected chi connectivity index (χ1v) is 6.32. The molecule has 0 bridgehead atoms. The lowest BCUT2D eigenvalue weighted by atomic mass is 9.86. The van der Waals surface area contributed by atoms with Gasteiger partial charge < -0.3 is 9.88 Å². The van der Waals surface area contributed by atoms with E-state index in [0.29, 0.717) is 0 Å². The number of hydrogen-bond donors (Lipinski definition) is 1. The molecule has 0 radical (unpaired) electrons. The molecular weight excluding hydrogens is 238 g/mol. The molecule has 1 heterocycles. The number of amides is 1. The third kappa shape index (κ3) is 3.44. The van der Waals surface area contributed by atoms with E-state index in [9.17, 15) is 4.79 Å². The summed E-state index contributed by atoms with van der Waals surface area (Å²) in [6.45, 7) is 6.67. The number of carbonyl (C=O) groups is 1. The molecule has 0 spiro atoms. The average molecular weight is 257 g/mol. The Balaban J connectivity index is 2.13. The van der Waals surface area contributed by atoms with Crippen LogP contribution in [0.25, 0.3) is 0 Å². The molecule has 4 nitrogen and oxygen atoms in total. The number of anilines is 1. The van der Waals surface area contributed by atoms with Crippen molar-refractivity contribution in [3.05, 3.63) is 48.5 Å². The van der Waals surface area contributed by atoms with Gasteiger partial charge in [0, 0.05) is 18.1 Å². The van der Waals surface area contributed by atoms with Crippen molar-refractivity contribution in [3.8, 4) is 0 Å². The zero-order valence-electron chi connectivity index (χ0n) is 11.6. The Labute approximate surface area is 113 Å². The molecule has 0 aliphatic rings. The molecule has 0 fully saturated rings. The van der Waals surface area contributed by atoms with Gasteiger partial charge in [0.15, 0.2) is 0 Å². The lowest BCUT2D eigenvalue weighted by molar-refractivity contribution is -0.116. The number of rotatable bonds is 3. The monoisotopic (exact) mass is 257 g/mol. The number of nitrogens with zero attached hydrogens (tertiary/aromatic N) is 2. The van der Waals surface area contributed by atoms with Gasteiger partial charge in [0.2, 0.25) is 5.91 Å². The molecule has 1 amide bonds. The molecule has 0 saturated carbocycles. The summed E-state index contributed by atoms with van der Waals surface area (Å²) in [6.07, 6.45) is 5.07. The standard InChI is InChI=1S/C15H19N3O/c1-15(2,3)12-6-4-5-7-13(12)17-14(19)10-18-9-8-16-11-18/h4-9,11H,10H2,1-3H3,(H,17,19). The van der Waals surface area contributed by atoms with Crippen molar-refractivity contribution in [1.82, 2.24) is 9.55 Å². The molecule has 0 aliphatic carbocycles. The molecule has 100 valence electrons. The number of aromatic nitrogens is 2. The molecule has 0 saturated heterocycles. The maximum absolute atomic E-state index is 12.0. The summed E-state index contributed by atoms with van der Waals surface area (Å²) < 4.78 is 1.75. The van der Waals surface area contributed by atoms with Crippen molar-refractivity contribution in [3.63, 3.8) is 0 Å². The molecule has 2 rings (SSSR count). The summed E-state index contributed by atoms with van der Waals surface area (Å²) in [5.41, 5.74) is 2.01. The van der Waals surface area contributed by atoms with E-state index in [-0.39, 0.29) is 17.9 Å². The first-order chi connectivity index (χ1) is 8.97. The second kappa shape index (κ2) is 5.26. The van der Waals surface area contributed by atoms with Crippen LogP contribution in [0.4, 0.5) is 5.69 Å². The van der Waals surface area contributed by atoms with E-state index in [4.69, 9.17) is 0 Å². The molecule has 19 heavy (non-hydrogen) atoms. The maximum atomic E-state index is 12.0. The molecule has 2 aromatic rings. The highest BCUT2D eigenvalue weighted by Crippen LogP contribution is 2.29. The Morgan fingerprint density at radius 1 is 1.32 bits per heavy atom. The number of carbonyl (C=O) groups excluding carboxylic acids is 1. The van der Waals surface area contributed by atoms with Crippen molar-refractivity contribution in [2.24, 2.45) is 0 Å². The number of hydrogen-bond acceptors (Lipinski definition) is 2. The van der Waals surface area contributed by atoms with Crippen LogP contribution in [0, 0.1) is 0 Å². The van der Waals surface area contributed by atoms with E-state index >= 15 is 0 Å². The summed E-state index contributed by atoms with van der Waals surface area (Å²) in [5, 5.41) is 2.97. The SMILES string of the molecule is CC(C)(C)c1ccccc1NC(=O)Cn1ccnc1. The Morgan fingerprint density at radius 2 is 2.05 bits per heavy atom. The molecule has 1 aromatic heterocycles. The molecule has 1 aromatic carbocycles. The van der Waals surface area contributed by atoms with E-state index in [1.54, 1.807) is 23.3 Å². The van der Waals surface area contributed by atoms with E-state index in [1.165, 1.54) is 0 Å². The molecular formula is C15H19N3O. The second-order valence-electron chi connectivity index (χ2n) is 5.58. The van der Waals surface area contributed by atoms with E-state index in [0.717, 1.165) is 11.3 Å². The Bertz CT molecular complexity index is 553. The molecule has 1 N–H and O–H groups in total. The van der Waals surface area contributed by atoms with Gasteiger partial charge in [-0.25, -0.2) is 4.98 Å². The molecule has 0 unspecified atom stereocenters. The number of nitrogens with one attached hydrogen (secondary N) is 1. The normalized spacial score (nSPS) is 11.3. The van der Waals surface area contributed by atoms with Crippen LogP contribution >= 0.6 is 0 Å². The van der Waals surface area contributed by atoms with Crippen LogP contribution in [-0.4, -0.2) is 15.5 Å². The summed E-state index contributed by atoms with van der Waals surface area (Å²) in [5.74, 6) is -0.0466. The van der Waals surface area contributed by atoms with Gasteiger partial charge in [0.05, 0.1) is 6.33 Å². The topological polar surface area (TPSA) is 46.9 Å². The van der Waals surface area contributed by atoms with Crippen LogP contribution in [0.1, 0.15) is 26.3 Å². The predicted octanol–water partition coefficient (Wildman–Crippen LogP) is 2.82. The fraction of sp³-hybridized carbons (Fsp3) is 0.333. The van der Waals surface area contributed by atoms with Crippen LogP contribution in [-0.2, 0) is 16.8 Å². The van der Waals surface area contributed by atoms with Gasteiger partial charge in [-0.3, -0.25) is 4.79 Å². The fourth-order valence-corrected chi connectivity index (χ4v) is 1.98. The fourth-order valence-electron chi connectivity index (χ4n) is 1.98. The maximum Gasteiger partial charge on any atom is 0.244 e. The van der Waals surface area contributed by atoms with Gasteiger partial charge in [-0.15, -0.1) is 0 Å². The van der Waals surface area contributed by atoms with Gasteiger partial charge >= 0.3 is 0 Å². The highest BCUT2D eigenvalue weighted by molar-refractivity contribution is 5.91. The Kier molecular flexibility index (Phi) is 3.69.